The molecule has 0 aliphatic carbocycles. The molecule has 7 heteroatoms. The van der Waals surface area contributed by atoms with E-state index < -0.39 is 5.97 Å². The SMILES string of the molecule is CCCCC(=O)N(CCCOC)Cc1nc(C(=O)OCC)cs1. The van der Waals surface area contributed by atoms with Crippen molar-refractivity contribution in [2.45, 2.75) is 46.1 Å². The number of carbonyl (C=O) groups excluding carboxylic acids is 2. The summed E-state index contributed by atoms with van der Waals surface area (Å²) in [5, 5.41) is 2.42. The third-order valence-electron chi connectivity index (χ3n) is 3.24. The lowest BCUT2D eigenvalue weighted by Gasteiger charge is -2.21. The molecule has 1 aromatic rings. The Labute approximate surface area is 141 Å². The normalized spacial score (nSPS) is 10.6. The van der Waals surface area contributed by atoms with E-state index in [1.165, 1.54) is 11.3 Å². The van der Waals surface area contributed by atoms with Gasteiger partial charge in [-0.15, -0.1) is 11.3 Å². The van der Waals surface area contributed by atoms with Gasteiger partial charge in [0.1, 0.15) is 5.01 Å². The van der Waals surface area contributed by atoms with Crippen LogP contribution >= 0.6 is 11.3 Å². The van der Waals surface area contributed by atoms with E-state index in [0.717, 1.165) is 24.3 Å². The van der Waals surface area contributed by atoms with E-state index in [4.69, 9.17) is 9.47 Å². The molecule has 0 aliphatic heterocycles. The topological polar surface area (TPSA) is 68.7 Å². The molecule has 6 nitrogen and oxygen atoms in total. The minimum atomic E-state index is -0.418. The van der Waals surface area contributed by atoms with Crippen LogP contribution in [0.3, 0.4) is 0 Å². The monoisotopic (exact) mass is 342 g/mol. The number of hydrogen-bond acceptors (Lipinski definition) is 6. The summed E-state index contributed by atoms with van der Waals surface area (Å²) in [6.45, 7) is 5.82. The van der Waals surface area contributed by atoms with E-state index in [0.29, 0.717) is 38.4 Å². The fourth-order valence-electron chi connectivity index (χ4n) is 2.02. The van der Waals surface area contributed by atoms with Gasteiger partial charge in [-0.2, -0.15) is 0 Å². The van der Waals surface area contributed by atoms with Gasteiger partial charge >= 0.3 is 5.97 Å². The van der Waals surface area contributed by atoms with Gasteiger partial charge in [0.2, 0.25) is 5.91 Å². The van der Waals surface area contributed by atoms with Crippen molar-refractivity contribution in [1.29, 1.82) is 0 Å². The van der Waals surface area contributed by atoms with Gasteiger partial charge in [-0.1, -0.05) is 13.3 Å². The quantitative estimate of drug-likeness (QED) is 0.457. The maximum atomic E-state index is 12.3. The number of methoxy groups -OCH3 is 1. The van der Waals surface area contributed by atoms with Crippen LogP contribution in [0.4, 0.5) is 0 Å². The molecular weight excluding hydrogens is 316 g/mol. The number of aromatic nitrogens is 1. The van der Waals surface area contributed by atoms with Gasteiger partial charge in [0, 0.05) is 32.1 Å². The van der Waals surface area contributed by atoms with Crippen LogP contribution in [-0.2, 0) is 20.8 Å². The molecule has 1 amide bonds. The lowest BCUT2D eigenvalue weighted by atomic mass is 10.2. The Morgan fingerprint density at radius 2 is 2.09 bits per heavy atom. The number of esters is 1. The molecule has 0 saturated carbocycles. The van der Waals surface area contributed by atoms with Crippen LogP contribution in [0.5, 0.6) is 0 Å². The average Bonchev–Trinajstić information content (AvgIpc) is 3.00. The lowest BCUT2D eigenvalue weighted by molar-refractivity contribution is -0.132. The first kappa shape index (κ1) is 19.6. The van der Waals surface area contributed by atoms with Gasteiger partial charge in [-0.05, 0) is 19.8 Å². The van der Waals surface area contributed by atoms with Crippen LogP contribution in [0.1, 0.15) is 55.0 Å². The summed E-state index contributed by atoms with van der Waals surface area (Å²) in [6.07, 6.45) is 3.19. The molecule has 1 heterocycles. The number of amides is 1. The molecule has 23 heavy (non-hydrogen) atoms. The number of unbranched alkanes of at least 4 members (excludes halogenated alkanes) is 1. The predicted octanol–water partition coefficient (Wildman–Crippen LogP) is 2.88. The zero-order chi connectivity index (χ0) is 17.1. The third-order valence-corrected chi connectivity index (χ3v) is 4.07. The molecule has 0 fully saturated rings. The van der Waals surface area contributed by atoms with E-state index in [9.17, 15) is 9.59 Å². The molecule has 1 rings (SSSR count). The maximum absolute atomic E-state index is 12.3. The fourth-order valence-corrected chi connectivity index (χ4v) is 2.80. The first-order valence-corrected chi connectivity index (χ1v) is 8.88. The first-order valence-electron chi connectivity index (χ1n) is 8.00. The van der Waals surface area contributed by atoms with Crippen molar-refractivity contribution in [2.75, 3.05) is 26.9 Å². The summed E-state index contributed by atoms with van der Waals surface area (Å²) in [5.41, 5.74) is 0.310. The summed E-state index contributed by atoms with van der Waals surface area (Å²) in [6, 6.07) is 0. The number of hydrogen-bond donors (Lipinski definition) is 0. The Hall–Kier alpha value is -1.47. The molecule has 0 bridgehead atoms. The van der Waals surface area contributed by atoms with E-state index in [1.807, 2.05) is 0 Å². The van der Waals surface area contributed by atoms with Crippen LogP contribution in [0.15, 0.2) is 5.38 Å². The fraction of sp³-hybridized carbons (Fsp3) is 0.688. The number of ether oxygens (including phenoxy) is 2. The molecule has 0 atom stereocenters. The predicted molar refractivity (Wildman–Crippen MR) is 89.5 cm³/mol. The van der Waals surface area contributed by atoms with Crippen LogP contribution < -0.4 is 0 Å². The minimum absolute atomic E-state index is 0.121. The summed E-state index contributed by atoms with van der Waals surface area (Å²) >= 11 is 1.38. The van der Waals surface area contributed by atoms with E-state index in [2.05, 4.69) is 11.9 Å². The van der Waals surface area contributed by atoms with Crippen molar-refractivity contribution in [3.8, 4) is 0 Å². The van der Waals surface area contributed by atoms with Crippen LogP contribution in [-0.4, -0.2) is 48.6 Å². The smallest absolute Gasteiger partial charge is 0.357 e. The second-order valence-electron chi connectivity index (χ2n) is 5.11. The highest BCUT2D eigenvalue weighted by atomic mass is 32.1. The molecule has 0 aliphatic rings. The molecule has 0 radical (unpaired) electrons. The second-order valence-corrected chi connectivity index (χ2v) is 6.05. The zero-order valence-corrected chi connectivity index (χ0v) is 15.0. The van der Waals surface area contributed by atoms with Crippen molar-refractivity contribution in [2.24, 2.45) is 0 Å². The van der Waals surface area contributed by atoms with Gasteiger partial charge in [0.05, 0.1) is 13.2 Å². The lowest BCUT2D eigenvalue weighted by Crippen LogP contribution is -2.31. The molecule has 0 saturated heterocycles. The summed E-state index contributed by atoms with van der Waals surface area (Å²) in [5.74, 6) is -0.297. The molecule has 0 aromatic carbocycles. The van der Waals surface area contributed by atoms with E-state index in [-0.39, 0.29) is 5.91 Å². The molecule has 1 aromatic heterocycles. The second kappa shape index (κ2) is 11.1. The summed E-state index contributed by atoms with van der Waals surface area (Å²) < 4.78 is 9.99. The van der Waals surface area contributed by atoms with Crippen LogP contribution in [0, 0.1) is 0 Å². The molecular formula is C16H26N2O4S. The maximum Gasteiger partial charge on any atom is 0.357 e. The van der Waals surface area contributed by atoms with Crippen molar-refractivity contribution < 1.29 is 19.1 Å². The molecule has 0 spiro atoms. The van der Waals surface area contributed by atoms with Crippen molar-refractivity contribution >= 4 is 23.2 Å². The van der Waals surface area contributed by atoms with Gasteiger partial charge in [0.25, 0.3) is 0 Å². The van der Waals surface area contributed by atoms with Gasteiger partial charge in [-0.25, -0.2) is 9.78 Å². The standard InChI is InChI=1S/C16H26N2O4S/c1-4-6-8-15(19)18(9-7-10-21-3)11-14-17-13(12-23-14)16(20)22-5-2/h12H,4-11H2,1-3H3. The Balaban J connectivity index is 2.67. The van der Waals surface area contributed by atoms with E-state index in [1.54, 1.807) is 24.3 Å². The molecule has 130 valence electrons. The van der Waals surface area contributed by atoms with Gasteiger partial charge < -0.3 is 14.4 Å². The first-order chi connectivity index (χ1) is 11.1. The largest absolute Gasteiger partial charge is 0.461 e. The highest BCUT2D eigenvalue weighted by molar-refractivity contribution is 7.09. The van der Waals surface area contributed by atoms with Crippen molar-refractivity contribution in [3.05, 3.63) is 16.1 Å². The van der Waals surface area contributed by atoms with Crippen molar-refractivity contribution in [1.82, 2.24) is 9.88 Å². The number of thiazole rings is 1. The Morgan fingerprint density at radius 1 is 1.30 bits per heavy atom. The Morgan fingerprint density at radius 3 is 2.74 bits per heavy atom. The number of rotatable bonds is 11. The zero-order valence-electron chi connectivity index (χ0n) is 14.2. The van der Waals surface area contributed by atoms with Crippen LogP contribution in [0.2, 0.25) is 0 Å². The third kappa shape index (κ3) is 7.09. The highest BCUT2D eigenvalue weighted by Gasteiger charge is 2.17. The summed E-state index contributed by atoms with van der Waals surface area (Å²) in [7, 11) is 1.65. The van der Waals surface area contributed by atoms with Gasteiger partial charge in [0.15, 0.2) is 5.69 Å². The average molecular weight is 342 g/mol. The van der Waals surface area contributed by atoms with Crippen LogP contribution in [0.25, 0.3) is 0 Å². The molecule has 0 unspecified atom stereocenters. The van der Waals surface area contributed by atoms with Crippen molar-refractivity contribution in [3.63, 3.8) is 0 Å². The minimum Gasteiger partial charge on any atom is -0.461 e. The number of nitrogens with zero attached hydrogens (tertiary/aromatic N) is 2. The van der Waals surface area contributed by atoms with E-state index >= 15 is 0 Å². The summed E-state index contributed by atoms with van der Waals surface area (Å²) in [4.78, 5) is 30.0. The Kier molecular flexibility index (Phi) is 9.47. The molecule has 0 N–H and O–H groups in total. The number of carbonyl (C=O) groups is 2. The Bertz CT molecular complexity index is 490. The highest BCUT2D eigenvalue weighted by Crippen LogP contribution is 2.15. The van der Waals surface area contributed by atoms with Gasteiger partial charge in [-0.3, -0.25) is 4.79 Å².